The summed E-state index contributed by atoms with van der Waals surface area (Å²) in [5, 5.41) is 4.24. The largest absolute Gasteiger partial charge is 0.386 e. The Morgan fingerprint density at radius 1 is 1.03 bits per heavy atom. The van der Waals surface area contributed by atoms with Gasteiger partial charge in [-0.25, -0.2) is 4.98 Å². The van der Waals surface area contributed by atoms with Gasteiger partial charge in [-0.3, -0.25) is 14.0 Å². The number of likely N-dealkylation sites (tertiary alicyclic amines) is 1. The number of carbonyl (C=O) groups is 2. The van der Waals surface area contributed by atoms with Gasteiger partial charge in [0.25, 0.3) is 11.8 Å². The molecule has 2 atom stereocenters. The lowest BCUT2D eigenvalue weighted by Gasteiger charge is -2.38. The summed E-state index contributed by atoms with van der Waals surface area (Å²) in [6.07, 6.45) is 3.64. The number of amides is 2. The Labute approximate surface area is 209 Å². The number of piperidine rings is 1. The fraction of sp³-hybridized carbons (Fsp3) is 0.407. The predicted molar refractivity (Wildman–Crippen MR) is 133 cm³/mol. The quantitative estimate of drug-likeness (QED) is 0.567. The van der Waals surface area contributed by atoms with Gasteiger partial charge >= 0.3 is 0 Å². The number of aryl methyl sites for hydroxylation is 1. The SMILES string of the molecule is Cc1nc2ccccn2c1C(=O)N1CCCC2(CC(C(=O)N3CCOC(c4ccccc4)C3)=NO2)C1. The van der Waals surface area contributed by atoms with Crippen LogP contribution in [0.5, 0.6) is 0 Å². The van der Waals surface area contributed by atoms with E-state index in [1.165, 1.54) is 0 Å². The molecule has 3 aromatic rings. The third-order valence-electron chi connectivity index (χ3n) is 7.34. The highest BCUT2D eigenvalue weighted by Crippen LogP contribution is 2.35. The fourth-order valence-corrected chi connectivity index (χ4v) is 5.53. The highest BCUT2D eigenvalue weighted by molar-refractivity contribution is 6.39. The molecule has 2 unspecified atom stereocenters. The van der Waals surface area contributed by atoms with E-state index in [0.717, 1.165) is 24.1 Å². The second kappa shape index (κ2) is 9.05. The topological polar surface area (TPSA) is 88.7 Å². The lowest BCUT2D eigenvalue weighted by atomic mass is 9.87. The molecule has 3 aliphatic rings. The summed E-state index contributed by atoms with van der Waals surface area (Å²) in [7, 11) is 0. The van der Waals surface area contributed by atoms with E-state index in [1.807, 2.05) is 71.0 Å². The summed E-state index contributed by atoms with van der Waals surface area (Å²) in [4.78, 5) is 41.0. The smallest absolute Gasteiger partial charge is 0.272 e. The number of pyridine rings is 1. The average molecular weight is 488 g/mol. The van der Waals surface area contributed by atoms with E-state index in [1.54, 1.807) is 4.90 Å². The van der Waals surface area contributed by atoms with Crippen molar-refractivity contribution in [2.45, 2.75) is 37.9 Å². The van der Waals surface area contributed by atoms with E-state index in [0.29, 0.717) is 56.3 Å². The van der Waals surface area contributed by atoms with Crippen LogP contribution >= 0.6 is 0 Å². The van der Waals surface area contributed by atoms with Gasteiger partial charge < -0.3 is 19.4 Å². The normalized spacial score (nSPS) is 24.1. The van der Waals surface area contributed by atoms with E-state index in [-0.39, 0.29) is 17.9 Å². The van der Waals surface area contributed by atoms with Crippen molar-refractivity contribution in [2.24, 2.45) is 5.16 Å². The first-order chi connectivity index (χ1) is 17.5. The minimum Gasteiger partial charge on any atom is -0.386 e. The molecule has 36 heavy (non-hydrogen) atoms. The van der Waals surface area contributed by atoms with Gasteiger partial charge in [-0.15, -0.1) is 0 Å². The average Bonchev–Trinajstić information content (AvgIpc) is 3.48. The number of hydrogen-bond acceptors (Lipinski definition) is 6. The van der Waals surface area contributed by atoms with Crippen LogP contribution in [0.2, 0.25) is 0 Å². The molecule has 5 heterocycles. The van der Waals surface area contributed by atoms with E-state index in [2.05, 4.69) is 10.1 Å². The van der Waals surface area contributed by atoms with Crippen LogP contribution in [0.3, 0.4) is 0 Å². The van der Waals surface area contributed by atoms with E-state index in [9.17, 15) is 9.59 Å². The van der Waals surface area contributed by atoms with Crippen LogP contribution in [0, 0.1) is 6.92 Å². The second-order valence-corrected chi connectivity index (χ2v) is 9.82. The molecule has 186 valence electrons. The summed E-state index contributed by atoms with van der Waals surface area (Å²) in [6.45, 7) is 4.36. The van der Waals surface area contributed by atoms with Crippen LogP contribution in [0.25, 0.3) is 5.65 Å². The van der Waals surface area contributed by atoms with Crippen LogP contribution in [-0.2, 0) is 14.4 Å². The van der Waals surface area contributed by atoms with E-state index < -0.39 is 5.60 Å². The Bertz CT molecular complexity index is 1340. The lowest BCUT2D eigenvalue weighted by molar-refractivity contribution is -0.131. The number of morpholine rings is 1. The Morgan fingerprint density at radius 2 is 1.86 bits per heavy atom. The maximum absolute atomic E-state index is 13.6. The van der Waals surface area contributed by atoms with Crippen LogP contribution < -0.4 is 0 Å². The summed E-state index contributed by atoms with van der Waals surface area (Å²) >= 11 is 0. The Morgan fingerprint density at radius 3 is 2.72 bits per heavy atom. The van der Waals surface area contributed by atoms with Crippen molar-refractivity contribution in [3.63, 3.8) is 0 Å². The van der Waals surface area contributed by atoms with Gasteiger partial charge in [0.1, 0.15) is 23.2 Å². The monoisotopic (exact) mass is 487 g/mol. The lowest BCUT2D eigenvalue weighted by Crippen LogP contribution is -2.51. The van der Waals surface area contributed by atoms with Crippen molar-refractivity contribution in [1.82, 2.24) is 19.2 Å². The molecule has 9 heteroatoms. The van der Waals surface area contributed by atoms with Gasteiger partial charge in [0.2, 0.25) is 0 Å². The molecule has 1 aromatic carbocycles. The Kier molecular flexibility index (Phi) is 5.72. The molecule has 0 N–H and O–H groups in total. The number of ether oxygens (including phenoxy) is 1. The summed E-state index contributed by atoms with van der Waals surface area (Å²) in [5.41, 5.74) is 2.82. The molecular weight excluding hydrogens is 458 g/mol. The molecule has 2 fully saturated rings. The number of fused-ring (bicyclic) bond motifs is 1. The zero-order valence-corrected chi connectivity index (χ0v) is 20.3. The third kappa shape index (κ3) is 4.03. The zero-order valence-electron chi connectivity index (χ0n) is 20.3. The molecule has 0 aliphatic carbocycles. The second-order valence-electron chi connectivity index (χ2n) is 9.82. The first kappa shape index (κ1) is 22.7. The molecular formula is C27H29N5O4. The molecule has 0 saturated carbocycles. The van der Waals surface area contributed by atoms with Crippen LogP contribution in [0.1, 0.15) is 47.1 Å². The highest BCUT2D eigenvalue weighted by atomic mass is 16.7. The van der Waals surface area contributed by atoms with Crippen LogP contribution in [-0.4, -0.2) is 75.1 Å². The molecule has 3 aliphatic heterocycles. The number of benzene rings is 1. The highest BCUT2D eigenvalue weighted by Gasteiger charge is 2.47. The van der Waals surface area contributed by atoms with Crippen molar-refractivity contribution in [1.29, 1.82) is 0 Å². The minimum atomic E-state index is -0.668. The van der Waals surface area contributed by atoms with E-state index in [4.69, 9.17) is 9.57 Å². The molecule has 1 spiro atoms. The van der Waals surface area contributed by atoms with Crippen molar-refractivity contribution < 1.29 is 19.2 Å². The number of aromatic nitrogens is 2. The number of hydrogen-bond donors (Lipinski definition) is 0. The van der Waals surface area contributed by atoms with Gasteiger partial charge in [0.05, 0.1) is 25.4 Å². The van der Waals surface area contributed by atoms with Crippen molar-refractivity contribution >= 4 is 23.2 Å². The summed E-state index contributed by atoms with van der Waals surface area (Å²) < 4.78 is 7.75. The number of oxime groups is 1. The predicted octanol–water partition coefficient (Wildman–Crippen LogP) is 2.99. The van der Waals surface area contributed by atoms with Gasteiger partial charge in [-0.05, 0) is 37.5 Å². The van der Waals surface area contributed by atoms with Crippen molar-refractivity contribution in [2.75, 3.05) is 32.8 Å². The third-order valence-corrected chi connectivity index (χ3v) is 7.34. The maximum Gasteiger partial charge on any atom is 0.272 e. The molecule has 9 nitrogen and oxygen atoms in total. The number of nitrogens with zero attached hydrogens (tertiary/aromatic N) is 5. The summed E-state index contributed by atoms with van der Waals surface area (Å²) in [6, 6.07) is 15.6. The number of imidazole rings is 1. The van der Waals surface area contributed by atoms with Gasteiger partial charge in [0, 0.05) is 25.7 Å². The zero-order chi connectivity index (χ0) is 24.7. The molecule has 0 bridgehead atoms. The molecule has 2 saturated heterocycles. The van der Waals surface area contributed by atoms with Gasteiger partial charge in [-0.2, -0.15) is 0 Å². The van der Waals surface area contributed by atoms with E-state index >= 15 is 0 Å². The molecule has 2 amide bonds. The molecule has 2 aromatic heterocycles. The molecule has 6 rings (SSSR count). The first-order valence-electron chi connectivity index (χ1n) is 12.5. The van der Waals surface area contributed by atoms with Gasteiger partial charge in [-0.1, -0.05) is 41.6 Å². The minimum absolute atomic E-state index is 0.0764. The Balaban J connectivity index is 1.14. The maximum atomic E-state index is 13.6. The first-order valence-corrected chi connectivity index (χ1v) is 12.5. The van der Waals surface area contributed by atoms with Crippen molar-refractivity contribution in [3.8, 4) is 0 Å². The van der Waals surface area contributed by atoms with Crippen LogP contribution in [0.15, 0.2) is 59.9 Å². The Hall–Kier alpha value is -3.72. The summed E-state index contributed by atoms with van der Waals surface area (Å²) in [5.74, 6) is -0.190. The standard InChI is InChI=1S/C27H29N5O4/c1-19-24(32-13-6-5-10-23(32)28-19)26(34)31-12-7-11-27(18-31)16-21(29-36-27)25(33)30-14-15-35-22(17-30)20-8-3-2-4-9-20/h2-6,8-10,13,22H,7,11-12,14-18H2,1H3. The van der Waals surface area contributed by atoms with Gasteiger partial charge in [0.15, 0.2) is 5.60 Å². The number of carbonyl (C=O) groups excluding carboxylic acids is 2. The fourth-order valence-electron chi connectivity index (χ4n) is 5.53. The van der Waals surface area contributed by atoms with Crippen molar-refractivity contribution in [3.05, 3.63) is 71.7 Å². The van der Waals surface area contributed by atoms with Crippen LogP contribution in [0.4, 0.5) is 0 Å². The molecule has 0 radical (unpaired) electrons. The number of rotatable bonds is 3.